The summed E-state index contributed by atoms with van der Waals surface area (Å²) in [5, 5.41) is 0. The first-order chi connectivity index (χ1) is 9.72. The van der Waals surface area contributed by atoms with Gasteiger partial charge in [-0.3, -0.25) is 0 Å². The topological polar surface area (TPSA) is 0 Å². The normalized spacial score (nSPS) is 31.6. The minimum Gasteiger partial charge on any atom is -0.0884 e. The summed E-state index contributed by atoms with van der Waals surface area (Å²) in [5.41, 5.74) is 1.46. The third-order valence-electron chi connectivity index (χ3n) is 5.44. The second-order valence-electron chi connectivity index (χ2n) is 6.72. The molecule has 4 atom stereocenters. The van der Waals surface area contributed by atoms with Crippen LogP contribution < -0.4 is 0 Å². The first kappa shape index (κ1) is 15.1. The summed E-state index contributed by atoms with van der Waals surface area (Å²) in [5.74, 6) is 2.98. The van der Waals surface area contributed by atoms with E-state index < -0.39 is 0 Å². The highest BCUT2D eigenvalue weighted by molar-refractivity contribution is 9.10. The van der Waals surface area contributed by atoms with Gasteiger partial charge in [0.2, 0.25) is 0 Å². The monoisotopic (exact) mass is 398 g/mol. The molecule has 20 heavy (non-hydrogen) atoms. The molecule has 2 heteroatoms. The van der Waals surface area contributed by atoms with E-state index in [1.165, 1.54) is 61.4 Å². The van der Waals surface area contributed by atoms with Gasteiger partial charge in [0.1, 0.15) is 0 Å². The number of benzene rings is 1. The Balaban J connectivity index is 1.57. The van der Waals surface area contributed by atoms with Gasteiger partial charge in [0.05, 0.1) is 0 Å². The van der Waals surface area contributed by atoms with Gasteiger partial charge in [-0.25, -0.2) is 0 Å². The van der Waals surface area contributed by atoms with Crippen LogP contribution in [0.15, 0.2) is 28.7 Å². The predicted octanol–water partition coefficient (Wildman–Crippen LogP) is 6.36. The van der Waals surface area contributed by atoms with Gasteiger partial charge in [0, 0.05) is 9.30 Å². The largest absolute Gasteiger partial charge is 0.0884 e. The van der Waals surface area contributed by atoms with Crippen molar-refractivity contribution >= 4 is 31.9 Å². The van der Waals surface area contributed by atoms with E-state index in [2.05, 4.69) is 56.1 Å². The van der Waals surface area contributed by atoms with Crippen molar-refractivity contribution in [2.45, 2.75) is 56.2 Å². The molecule has 0 aromatic heterocycles. The summed E-state index contributed by atoms with van der Waals surface area (Å²) in [6, 6.07) is 8.83. The van der Waals surface area contributed by atoms with Crippen molar-refractivity contribution in [3.8, 4) is 0 Å². The Bertz CT molecular complexity index is 426. The van der Waals surface area contributed by atoms with Crippen molar-refractivity contribution in [2.75, 3.05) is 0 Å². The van der Waals surface area contributed by atoms with Gasteiger partial charge in [-0.05, 0) is 61.1 Å². The maximum Gasteiger partial charge on any atom is 0.0214 e. The van der Waals surface area contributed by atoms with Gasteiger partial charge in [-0.15, -0.1) is 0 Å². The maximum absolute atomic E-state index is 4.00. The van der Waals surface area contributed by atoms with Crippen LogP contribution in [0.3, 0.4) is 0 Å². The summed E-state index contributed by atoms with van der Waals surface area (Å²) in [6.45, 7) is 0. The standard InChI is InChI=1S/C18H24Br2/c19-17-9-5-13(6-10-17)11-18(20)16-8-7-14-3-1-2-4-15(14)12-16/h5-6,9-10,14-16,18H,1-4,7-8,11-12H2. The van der Waals surface area contributed by atoms with Gasteiger partial charge in [-0.2, -0.15) is 0 Å². The number of halogens is 2. The fourth-order valence-corrected chi connectivity index (χ4v) is 5.37. The van der Waals surface area contributed by atoms with Crippen LogP contribution in [0.4, 0.5) is 0 Å². The average molecular weight is 400 g/mol. The van der Waals surface area contributed by atoms with Crippen molar-refractivity contribution in [1.82, 2.24) is 0 Å². The van der Waals surface area contributed by atoms with E-state index in [0.29, 0.717) is 4.83 Å². The van der Waals surface area contributed by atoms with E-state index in [1.807, 2.05) is 0 Å². The van der Waals surface area contributed by atoms with Crippen LogP contribution in [0.5, 0.6) is 0 Å². The van der Waals surface area contributed by atoms with Gasteiger partial charge in [-0.1, -0.05) is 69.7 Å². The molecule has 3 rings (SSSR count). The second kappa shape index (κ2) is 6.96. The molecule has 0 spiro atoms. The molecule has 2 aliphatic rings. The third kappa shape index (κ3) is 3.68. The number of alkyl halides is 1. The Morgan fingerprint density at radius 1 is 0.950 bits per heavy atom. The molecule has 0 saturated heterocycles. The first-order valence-corrected chi connectivity index (χ1v) is 9.82. The Morgan fingerprint density at radius 2 is 1.65 bits per heavy atom. The minimum absolute atomic E-state index is 0.659. The average Bonchev–Trinajstić information content (AvgIpc) is 2.49. The molecule has 1 aromatic carbocycles. The highest BCUT2D eigenvalue weighted by atomic mass is 79.9. The van der Waals surface area contributed by atoms with Crippen molar-refractivity contribution < 1.29 is 0 Å². The zero-order valence-electron chi connectivity index (χ0n) is 12.0. The fraction of sp³-hybridized carbons (Fsp3) is 0.667. The molecule has 0 amide bonds. The second-order valence-corrected chi connectivity index (χ2v) is 8.82. The molecule has 0 nitrogen and oxygen atoms in total. The molecule has 110 valence electrons. The molecule has 4 unspecified atom stereocenters. The number of hydrogen-bond acceptors (Lipinski definition) is 0. The maximum atomic E-state index is 4.00. The Morgan fingerprint density at radius 3 is 2.40 bits per heavy atom. The number of fused-ring (bicyclic) bond motifs is 1. The van der Waals surface area contributed by atoms with Crippen LogP contribution in [0.1, 0.15) is 50.5 Å². The van der Waals surface area contributed by atoms with Crippen LogP contribution in [-0.4, -0.2) is 4.83 Å². The predicted molar refractivity (Wildman–Crippen MR) is 93.4 cm³/mol. The Kier molecular flexibility index (Phi) is 5.25. The molecular weight excluding hydrogens is 376 g/mol. The molecule has 0 aliphatic heterocycles. The Hall–Kier alpha value is 0.180. The van der Waals surface area contributed by atoms with Gasteiger partial charge in [0.25, 0.3) is 0 Å². The van der Waals surface area contributed by atoms with Crippen molar-refractivity contribution in [3.05, 3.63) is 34.3 Å². The zero-order chi connectivity index (χ0) is 13.9. The van der Waals surface area contributed by atoms with Crippen LogP contribution >= 0.6 is 31.9 Å². The van der Waals surface area contributed by atoms with E-state index in [1.54, 1.807) is 0 Å². The van der Waals surface area contributed by atoms with E-state index >= 15 is 0 Å². The van der Waals surface area contributed by atoms with Gasteiger partial charge >= 0.3 is 0 Å². The Labute approximate surface area is 140 Å². The summed E-state index contributed by atoms with van der Waals surface area (Å²) < 4.78 is 1.18. The van der Waals surface area contributed by atoms with Crippen LogP contribution in [0, 0.1) is 17.8 Å². The molecular formula is C18H24Br2. The third-order valence-corrected chi connectivity index (χ3v) is 7.04. The zero-order valence-corrected chi connectivity index (χ0v) is 15.2. The van der Waals surface area contributed by atoms with Crippen molar-refractivity contribution in [2.24, 2.45) is 17.8 Å². The fourth-order valence-electron chi connectivity index (χ4n) is 4.25. The molecule has 2 fully saturated rings. The van der Waals surface area contributed by atoms with Crippen molar-refractivity contribution in [1.29, 1.82) is 0 Å². The van der Waals surface area contributed by atoms with Crippen LogP contribution in [0.25, 0.3) is 0 Å². The SMILES string of the molecule is Brc1ccc(CC(Br)C2CCC3CCCCC3C2)cc1. The van der Waals surface area contributed by atoms with E-state index in [9.17, 15) is 0 Å². The molecule has 1 aromatic rings. The highest BCUT2D eigenvalue weighted by Gasteiger charge is 2.34. The van der Waals surface area contributed by atoms with E-state index in [4.69, 9.17) is 0 Å². The first-order valence-electron chi connectivity index (χ1n) is 8.11. The van der Waals surface area contributed by atoms with Crippen molar-refractivity contribution in [3.63, 3.8) is 0 Å². The molecule has 0 N–H and O–H groups in total. The lowest BCUT2D eigenvalue weighted by molar-refractivity contribution is 0.129. The smallest absolute Gasteiger partial charge is 0.0214 e. The summed E-state index contributed by atoms with van der Waals surface area (Å²) in [4.78, 5) is 0.659. The van der Waals surface area contributed by atoms with Gasteiger partial charge in [0.15, 0.2) is 0 Å². The molecule has 2 saturated carbocycles. The summed E-state index contributed by atoms with van der Waals surface area (Å²) in [7, 11) is 0. The van der Waals surface area contributed by atoms with Crippen LogP contribution in [-0.2, 0) is 6.42 Å². The molecule has 2 aliphatic carbocycles. The quantitative estimate of drug-likeness (QED) is 0.518. The summed E-state index contributed by atoms with van der Waals surface area (Å²) in [6.07, 6.45) is 11.5. The lowest BCUT2D eigenvalue weighted by atomic mass is 9.66. The molecule has 0 heterocycles. The number of rotatable bonds is 3. The molecule has 0 radical (unpaired) electrons. The lowest BCUT2D eigenvalue weighted by Gasteiger charge is -2.41. The van der Waals surface area contributed by atoms with Gasteiger partial charge < -0.3 is 0 Å². The van der Waals surface area contributed by atoms with E-state index in [0.717, 1.165) is 17.8 Å². The molecule has 0 bridgehead atoms. The highest BCUT2D eigenvalue weighted by Crippen LogP contribution is 2.45. The number of hydrogen-bond donors (Lipinski definition) is 0. The summed E-state index contributed by atoms with van der Waals surface area (Å²) >= 11 is 7.51. The lowest BCUT2D eigenvalue weighted by Crippen LogP contribution is -2.32. The van der Waals surface area contributed by atoms with E-state index in [-0.39, 0.29) is 0 Å². The minimum atomic E-state index is 0.659. The van der Waals surface area contributed by atoms with Crippen LogP contribution in [0.2, 0.25) is 0 Å².